The summed E-state index contributed by atoms with van der Waals surface area (Å²) in [6, 6.07) is 10.7. The number of rotatable bonds is 6. The Kier molecular flexibility index (Phi) is 6.25. The Bertz CT molecular complexity index is 405. The quantitative estimate of drug-likeness (QED) is 0.828. The molecule has 0 spiro atoms. The van der Waals surface area contributed by atoms with Crippen molar-refractivity contribution in [1.29, 1.82) is 0 Å². The summed E-state index contributed by atoms with van der Waals surface area (Å²) >= 11 is 0. The van der Waals surface area contributed by atoms with Gasteiger partial charge in [-0.3, -0.25) is 4.79 Å². The first-order chi connectivity index (χ1) is 9.34. The van der Waals surface area contributed by atoms with Crippen LogP contribution in [0.3, 0.4) is 0 Å². The molecule has 1 rings (SSSR count). The van der Waals surface area contributed by atoms with Gasteiger partial charge in [0.05, 0.1) is 0 Å². The van der Waals surface area contributed by atoms with Crippen LogP contribution < -0.4 is 5.32 Å². The van der Waals surface area contributed by atoms with Crippen LogP contribution in [0.25, 0.3) is 0 Å². The second kappa shape index (κ2) is 7.47. The molecule has 0 saturated carbocycles. The molecule has 2 atom stereocenters. The lowest BCUT2D eigenvalue weighted by Gasteiger charge is -2.28. The fraction of sp³-hybridized carbons (Fsp3) is 0.611. The minimum absolute atomic E-state index is 0.0157. The van der Waals surface area contributed by atoms with Gasteiger partial charge in [0.2, 0.25) is 5.91 Å². The van der Waals surface area contributed by atoms with Gasteiger partial charge in [0.1, 0.15) is 0 Å². The maximum atomic E-state index is 12.3. The molecule has 20 heavy (non-hydrogen) atoms. The van der Waals surface area contributed by atoms with E-state index in [1.165, 1.54) is 5.56 Å². The summed E-state index contributed by atoms with van der Waals surface area (Å²) in [6.07, 6.45) is 3.00. The maximum absolute atomic E-state index is 12.3. The first-order valence-electron chi connectivity index (χ1n) is 7.69. The predicted molar refractivity (Wildman–Crippen MR) is 85.6 cm³/mol. The SMILES string of the molecule is CC[C@H](CCc1ccccc1)NC(=O)[C@@H](C)C(C)(C)C. The van der Waals surface area contributed by atoms with Crippen LogP contribution in [-0.2, 0) is 11.2 Å². The Morgan fingerprint density at radius 2 is 1.80 bits per heavy atom. The molecular formula is C18H29NO. The van der Waals surface area contributed by atoms with E-state index >= 15 is 0 Å². The van der Waals surface area contributed by atoms with Gasteiger partial charge in [0, 0.05) is 12.0 Å². The molecule has 0 heterocycles. The number of nitrogens with one attached hydrogen (secondary N) is 1. The molecule has 0 unspecified atom stereocenters. The first-order valence-corrected chi connectivity index (χ1v) is 7.69. The monoisotopic (exact) mass is 275 g/mol. The third-order valence-corrected chi connectivity index (χ3v) is 4.16. The van der Waals surface area contributed by atoms with E-state index in [4.69, 9.17) is 0 Å². The minimum atomic E-state index is 0.0157. The van der Waals surface area contributed by atoms with E-state index in [1.54, 1.807) is 0 Å². The van der Waals surface area contributed by atoms with Crippen LogP contribution in [0.2, 0.25) is 0 Å². The summed E-state index contributed by atoms with van der Waals surface area (Å²) in [5, 5.41) is 3.20. The number of carbonyl (C=O) groups is 1. The normalized spacial score (nSPS) is 14.7. The molecule has 0 aromatic heterocycles. The fourth-order valence-electron chi connectivity index (χ4n) is 2.08. The van der Waals surface area contributed by atoms with E-state index in [0.29, 0.717) is 0 Å². The Morgan fingerprint density at radius 1 is 1.20 bits per heavy atom. The highest BCUT2D eigenvalue weighted by Crippen LogP contribution is 2.25. The lowest BCUT2D eigenvalue weighted by Crippen LogP contribution is -2.41. The van der Waals surface area contributed by atoms with Crippen LogP contribution in [0.1, 0.15) is 53.0 Å². The lowest BCUT2D eigenvalue weighted by atomic mass is 9.81. The summed E-state index contributed by atoms with van der Waals surface area (Å²) in [6.45, 7) is 10.5. The summed E-state index contributed by atoms with van der Waals surface area (Å²) in [7, 11) is 0. The number of benzene rings is 1. The largest absolute Gasteiger partial charge is 0.353 e. The Morgan fingerprint density at radius 3 is 2.30 bits per heavy atom. The van der Waals surface area contributed by atoms with Crippen LogP contribution in [0.15, 0.2) is 30.3 Å². The second-order valence-electron chi connectivity index (χ2n) is 6.73. The van der Waals surface area contributed by atoms with E-state index < -0.39 is 0 Å². The summed E-state index contributed by atoms with van der Waals surface area (Å²) < 4.78 is 0. The van der Waals surface area contributed by atoms with Crippen LogP contribution in [0, 0.1) is 11.3 Å². The van der Waals surface area contributed by atoms with Crippen LogP contribution in [0.4, 0.5) is 0 Å². The van der Waals surface area contributed by atoms with Crippen molar-refractivity contribution in [3.05, 3.63) is 35.9 Å². The molecule has 0 bridgehead atoms. The average molecular weight is 275 g/mol. The topological polar surface area (TPSA) is 29.1 Å². The standard InChI is InChI=1S/C18H29NO/c1-6-16(13-12-15-10-8-7-9-11-15)19-17(20)14(2)18(3,4)5/h7-11,14,16H,6,12-13H2,1-5H3,(H,19,20)/t14-,16-/m1/s1. The van der Waals surface area contributed by atoms with Crippen molar-refractivity contribution in [1.82, 2.24) is 5.32 Å². The minimum Gasteiger partial charge on any atom is -0.353 e. The van der Waals surface area contributed by atoms with Gasteiger partial charge in [-0.1, -0.05) is 65.0 Å². The highest BCUT2D eigenvalue weighted by molar-refractivity contribution is 5.79. The van der Waals surface area contributed by atoms with Crippen molar-refractivity contribution in [2.24, 2.45) is 11.3 Å². The van der Waals surface area contributed by atoms with Crippen molar-refractivity contribution in [2.45, 2.75) is 59.9 Å². The number of hydrogen-bond acceptors (Lipinski definition) is 1. The molecule has 2 nitrogen and oxygen atoms in total. The Labute approximate surface area is 124 Å². The van der Waals surface area contributed by atoms with E-state index in [9.17, 15) is 4.79 Å². The van der Waals surface area contributed by atoms with Gasteiger partial charge < -0.3 is 5.32 Å². The van der Waals surface area contributed by atoms with Gasteiger partial charge in [-0.15, -0.1) is 0 Å². The van der Waals surface area contributed by atoms with E-state index in [2.05, 4.69) is 57.3 Å². The number of carbonyl (C=O) groups excluding carboxylic acids is 1. The molecule has 1 aromatic rings. The van der Waals surface area contributed by atoms with Gasteiger partial charge in [0.15, 0.2) is 0 Å². The maximum Gasteiger partial charge on any atom is 0.223 e. The molecule has 112 valence electrons. The third-order valence-electron chi connectivity index (χ3n) is 4.16. The summed E-state index contributed by atoms with van der Waals surface area (Å²) in [5.74, 6) is 0.214. The molecule has 1 N–H and O–H groups in total. The Balaban J connectivity index is 2.49. The fourth-order valence-corrected chi connectivity index (χ4v) is 2.08. The van der Waals surface area contributed by atoms with Gasteiger partial charge >= 0.3 is 0 Å². The van der Waals surface area contributed by atoms with Crippen LogP contribution in [-0.4, -0.2) is 11.9 Å². The lowest BCUT2D eigenvalue weighted by molar-refractivity contribution is -0.128. The first kappa shape index (κ1) is 16.7. The zero-order chi connectivity index (χ0) is 15.2. The predicted octanol–water partition coefficient (Wildman–Crippen LogP) is 4.20. The van der Waals surface area contributed by atoms with Crippen molar-refractivity contribution in [2.75, 3.05) is 0 Å². The zero-order valence-electron chi connectivity index (χ0n) is 13.6. The van der Waals surface area contributed by atoms with Crippen molar-refractivity contribution in [3.63, 3.8) is 0 Å². The van der Waals surface area contributed by atoms with E-state index in [-0.39, 0.29) is 23.3 Å². The highest BCUT2D eigenvalue weighted by Gasteiger charge is 2.27. The van der Waals surface area contributed by atoms with Gasteiger partial charge in [0.25, 0.3) is 0 Å². The molecule has 0 radical (unpaired) electrons. The molecular weight excluding hydrogens is 246 g/mol. The molecule has 1 amide bonds. The summed E-state index contributed by atoms with van der Waals surface area (Å²) in [5.41, 5.74) is 1.35. The van der Waals surface area contributed by atoms with Crippen LogP contribution >= 0.6 is 0 Å². The molecule has 0 saturated heterocycles. The second-order valence-corrected chi connectivity index (χ2v) is 6.73. The van der Waals surface area contributed by atoms with Crippen LogP contribution in [0.5, 0.6) is 0 Å². The molecule has 0 aliphatic rings. The van der Waals surface area contributed by atoms with Gasteiger partial charge in [-0.2, -0.15) is 0 Å². The Hall–Kier alpha value is -1.31. The van der Waals surface area contributed by atoms with Gasteiger partial charge in [-0.25, -0.2) is 0 Å². The summed E-state index contributed by atoms with van der Waals surface area (Å²) in [4.78, 5) is 12.3. The van der Waals surface area contributed by atoms with E-state index in [0.717, 1.165) is 19.3 Å². The third kappa shape index (κ3) is 5.36. The molecule has 0 aliphatic heterocycles. The van der Waals surface area contributed by atoms with Gasteiger partial charge in [-0.05, 0) is 30.2 Å². The van der Waals surface area contributed by atoms with Crippen molar-refractivity contribution in [3.8, 4) is 0 Å². The highest BCUT2D eigenvalue weighted by atomic mass is 16.1. The molecule has 0 fully saturated rings. The van der Waals surface area contributed by atoms with Crippen molar-refractivity contribution >= 4 is 5.91 Å². The number of aryl methyl sites for hydroxylation is 1. The number of hydrogen-bond donors (Lipinski definition) is 1. The zero-order valence-corrected chi connectivity index (χ0v) is 13.6. The van der Waals surface area contributed by atoms with Crippen molar-refractivity contribution < 1.29 is 4.79 Å². The molecule has 0 aliphatic carbocycles. The smallest absolute Gasteiger partial charge is 0.223 e. The average Bonchev–Trinajstić information content (AvgIpc) is 2.42. The molecule has 2 heteroatoms. The number of amides is 1. The molecule has 1 aromatic carbocycles. The van der Waals surface area contributed by atoms with E-state index in [1.807, 2.05) is 13.0 Å².